The van der Waals surface area contributed by atoms with Gasteiger partial charge in [0, 0.05) is 0 Å². The predicted octanol–water partition coefficient (Wildman–Crippen LogP) is -1.93. The van der Waals surface area contributed by atoms with Crippen LogP contribution in [0.15, 0.2) is 0 Å². The van der Waals surface area contributed by atoms with Crippen LogP contribution in [0.25, 0.3) is 5.95 Å². The number of nitriles is 1. The molecule has 2 N–H and O–H groups in total. The molecule has 2 aromatic heterocycles. The SMILES string of the molecule is N#CNc1nnnn1-c1nn[nH]n1. The Bertz CT molecular complexity index is 417. The van der Waals surface area contributed by atoms with Crippen LogP contribution >= 0.6 is 0 Å². The molecule has 0 aliphatic heterocycles. The third-order valence-electron chi connectivity index (χ3n) is 1.16. The van der Waals surface area contributed by atoms with Crippen molar-refractivity contribution in [1.82, 2.24) is 40.8 Å². The average Bonchev–Trinajstić information content (AvgIpc) is 2.71. The van der Waals surface area contributed by atoms with Gasteiger partial charge in [-0.2, -0.15) is 10.5 Å². The monoisotopic (exact) mass is 178 g/mol. The first kappa shape index (κ1) is 7.10. The lowest BCUT2D eigenvalue weighted by Crippen LogP contribution is -2.04. The van der Waals surface area contributed by atoms with Gasteiger partial charge in [-0.05, 0) is 15.6 Å². The molecule has 0 spiro atoms. The molecule has 0 fully saturated rings. The molecule has 2 aromatic rings. The maximum atomic E-state index is 8.33. The average molecular weight is 178 g/mol. The predicted molar refractivity (Wildman–Crippen MR) is 36.1 cm³/mol. The molecule has 0 aromatic carbocycles. The molecule has 0 amide bonds. The van der Waals surface area contributed by atoms with Gasteiger partial charge in [0.1, 0.15) is 0 Å². The number of nitrogens with zero attached hydrogens (tertiary/aromatic N) is 8. The number of H-pyrrole nitrogens is 1. The van der Waals surface area contributed by atoms with Gasteiger partial charge in [0.15, 0.2) is 6.19 Å². The van der Waals surface area contributed by atoms with E-state index in [1.807, 2.05) is 0 Å². The second-order valence-electron chi connectivity index (χ2n) is 1.86. The van der Waals surface area contributed by atoms with Gasteiger partial charge in [0.05, 0.1) is 0 Å². The number of tetrazole rings is 2. The molecule has 13 heavy (non-hydrogen) atoms. The zero-order valence-electron chi connectivity index (χ0n) is 6.08. The lowest BCUT2D eigenvalue weighted by atomic mass is 10.9. The minimum atomic E-state index is 0.129. The summed E-state index contributed by atoms with van der Waals surface area (Å²) in [5, 5.41) is 33.7. The maximum Gasteiger partial charge on any atom is 0.294 e. The van der Waals surface area contributed by atoms with Gasteiger partial charge in [-0.15, -0.1) is 9.78 Å². The van der Waals surface area contributed by atoms with E-state index < -0.39 is 0 Å². The maximum absolute atomic E-state index is 8.33. The first-order valence-electron chi connectivity index (χ1n) is 3.09. The van der Waals surface area contributed by atoms with E-state index in [9.17, 15) is 0 Å². The van der Waals surface area contributed by atoms with Crippen LogP contribution in [0.2, 0.25) is 0 Å². The Hall–Kier alpha value is -2.57. The van der Waals surface area contributed by atoms with Crippen molar-refractivity contribution in [3.63, 3.8) is 0 Å². The van der Waals surface area contributed by atoms with Gasteiger partial charge >= 0.3 is 0 Å². The molecule has 0 atom stereocenters. The molecule has 10 nitrogen and oxygen atoms in total. The fraction of sp³-hybridized carbons (Fsp3) is 0. The molecule has 0 aliphatic carbocycles. The highest BCUT2D eigenvalue weighted by molar-refractivity contribution is 5.32. The molecule has 64 valence electrons. The molecule has 10 heteroatoms. The molecule has 2 heterocycles. The lowest BCUT2D eigenvalue weighted by Gasteiger charge is -1.92. The molecule has 0 aliphatic rings. The summed E-state index contributed by atoms with van der Waals surface area (Å²) < 4.78 is 1.13. The number of rotatable bonds is 2. The van der Waals surface area contributed by atoms with Gasteiger partial charge in [0.2, 0.25) is 0 Å². The molecule has 0 radical (unpaired) electrons. The number of hydrogen-bond donors (Lipinski definition) is 2. The summed E-state index contributed by atoms with van der Waals surface area (Å²) in [6.07, 6.45) is 1.67. The Morgan fingerprint density at radius 3 is 3.08 bits per heavy atom. The second kappa shape index (κ2) is 2.81. The van der Waals surface area contributed by atoms with Crippen molar-refractivity contribution < 1.29 is 0 Å². The molecule has 0 unspecified atom stereocenters. The Morgan fingerprint density at radius 1 is 1.46 bits per heavy atom. The molecule has 0 bridgehead atoms. The number of hydrogen-bond acceptors (Lipinski definition) is 8. The summed E-state index contributed by atoms with van der Waals surface area (Å²) in [4.78, 5) is 0. The standard InChI is InChI=1S/C3H2N10/c4-1-5-2-6-11-12-13(2)3-7-9-10-8-3/h(H,5,6,12)(H,7,8,9,10). The van der Waals surface area contributed by atoms with E-state index in [1.165, 1.54) is 0 Å². The zero-order chi connectivity index (χ0) is 9.10. The van der Waals surface area contributed by atoms with E-state index in [-0.39, 0.29) is 11.9 Å². The van der Waals surface area contributed by atoms with Crippen molar-refractivity contribution >= 4 is 5.95 Å². The van der Waals surface area contributed by atoms with Crippen molar-refractivity contribution in [2.45, 2.75) is 0 Å². The minimum absolute atomic E-state index is 0.129. The molecule has 0 saturated heterocycles. The summed E-state index contributed by atoms with van der Waals surface area (Å²) in [5.41, 5.74) is 0. The van der Waals surface area contributed by atoms with E-state index in [1.54, 1.807) is 6.19 Å². The Labute approximate surface area is 70.6 Å². The van der Waals surface area contributed by atoms with Gasteiger partial charge in [-0.3, -0.25) is 5.32 Å². The zero-order valence-corrected chi connectivity index (χ0v) is 6.08. The van der Waals surface area contributed by atoms with Crippen LogP contribution in [0, 0.1) is 11.5 Å². The lowest BCUT2D eigenvalue weighted by molar-refractivity contribution is 0.753. The third-order valence-corrected chi connectivity index (χ3v) is 1.16. The molecule has 2 rings (SSSR count). The smallest absolute Gasteiger partial charge is 0.259 e. The summed E-state index contributed by atoms with van der Waals surface area (Å²) >= 11 is 0. The minimum Gasteiger partial charge on any atom is -0.259 e. The highest BCUT2D eigenvalue weighted by atomic mass is 15.6. The molecule has 0 saturated carbocycles. The van der Waals surface area contributed by atoms with Gasteiger partial charge < -0.3 is 0 Å². The van der Waals surface area contributed by atoms with Crippen molar-refractivity contribution in [2.75, 3.05) is 5.32 Å². The van der Waals surface area contributed by atoms with Gasteiger partial charge in [-0.25, -0.2) is 0 Å². The Balaban J connectivity index is 2.42. The fourth-order valence-corrected chi connectivity index (χ4v) is 0.696. The van der Waals surface area contributed by atoms with Crippen molar-refractivity contribution in [3.05, 3.63) is 0 Å². The first-order chi connectivity index (χ1) is 6.42. The van der Waals surface area contributed by atoms with Gasteiger partial charge in [0.25, 0.3) is 11.9 Å². The second-order valence-corrected chi connectivity index (χ2v) is 1.86. The number of aromatic nitrogens is 8. The highest BCUT2D eigenvalue weighted by Gasteiger charge is 2.10. The van der Waals surface area contributed by atoms with E-state index in [2.05, 4.69) is 41.5 Å². The normalized spacial score (nSPS) is 9.46. The summed E-state index contributed by atoms with van der Waals surface area (Å²) in [5.74, 6) is 0.284. The third kappa shape index (κ3) is 1.13. The van der Waals surface area contributed by atoms with E-state index in [0.29, 0.717) is 0 Å². The van der Waals surface area contributed by atoms with Crippen LogP contribution in [0.3, 0.4) is 0 Å². The van der Waals surface area contributed by atoms with Crippen molar-refractivity contribution in [3.8, 4) is 12.1 Å². The number of anilines is 1. The van der Waals surface area contributed by atoms with Crippen LogP contribution < -0.4 is 5.32 Å². The molecular formula is C3H2N10. The first-order valence-corrected chi connectivity index (χ1v) is 3.09. The fourth-order valence-electron chi connectivity index (χ4n) is 0.696. The Morgan fingerprint density at radius 2 is 2.38 bits per heavy atom. The highest BCUT2D eigenvalue weighted by Crippen LogP contribution is 2.02. The van der Waals surface area contributed by atoms with Crippen LogP contribution in [-0.4, -0.2) is 40.8 Å². The van der Waals surface area contributed by atoms with E-state index >= 15 is 0 Å². The van der Waals surface area contributed by atoms with Crippen LogP contribution in [0.5, 0.6) is 0 Å². The summed E-state index contributed by atoms with van der Waals surface area (Å²) in [6, 6.07) is 0. The largest absolute Gasteiger partial charge is 0.294 e. The van der Waals surface area contributed by atoms with E-state index in [4.69, 9.17) is 5.26 Å². The topological polar surface area (TPSA) is 134 Å². The van der Waals surface area contributed by atoms with Crippen LogP contribution in [0.4, 0.5) is 5.95 Å². The van der Waals surface area contributed by atoms with Crippen molar-refractivity contribution in [1.29, 1.82) is 5.26 Å². The van der Waals surface area contributed by atoms with Crippen molar-refractivity contribution in [2.24, 2.45) is 0 Å². The number of aromatic amines is 1. The summed E-state index contributed by atoms with van der Waals surface area (Å²) in [6.45, 7) is 0. The molecular weight excluding hydrogens is 176 g/mol. The van der Waals surface area contributed by atoms with Crippen LogP contribution in [-0.2, 0) is 0 Å². The van der Waals surface area contributed by atoms with Gasteiger partial charge in [-0.1, -0.05) is 10.2 Å². The summed E-state index contributed by atoms with van der Waals surface area (Å²) in [7, 11) is 0. The Kier molecular flexibility index (Phi) is 1.54. The number of nitrogens with one attached hydrogen (secondary N) is 2. The quantitative estimate of drug-likeness (QED) is 0.401. The van der Waals surface area contributed by atoms with Crippen LogP contribution in [0.1, 0.15) is 0 Å². The van der Waals surface area contributed by atoms with E-state index in [0.717, 1.165) is 4.68 Å².